The van der Waals surface area contributed by atoms with Crippen molar-refractivity contribution in [2.45, 2.75) is 62.6 Å². The molecule has 7 nitrogen and oxygen atoms in total. The van der Waals surface area contributed by atoms with Crippen molar-refractivity contribution >= 4 is 18.0 Å². The van der Waals surface area contributed by atoms with Crippen LogP contribution in [0.3, 0.4) is 0 Å². The Morgan fingerprint density at radius 2 is 2.04 bits per heavy atom. The van der Waals surface area contributed by atoms with Crippen molar-refractivity contribution in [3.63, 3.8) is 0 Å². The first-order valence-corrected chi connectivity index (χ1v) is 8.79. The van der Waals surface area contributed by atoms with E-state index in [0.717, 1.165) is 25.7 Å². The molecule has 0 aromatic heterocycles. The Labute approximate surface area is 141 Å². The van der Waals surface area contributed by atoms with Gasteiger partial charge in [0.1, 0.15) is 6.10 Å². The number of carbonyl (C=O) groups excluding carboxylic acids is 3. The summed E-state index contributed by atoms with van der Waals surface area (Å²) >= 11 is 0. The van der Waals surface area contributed by atoms with Gasteiger partial charge in [-0.05, 0) is 44.9 Å². The summed E-state index contributed by atoms with van der Waals surface area (Å²) < 4.78 is 10.5. The lowest BCUT2D eigenvalue weighted by Crippen LogP contribution is -2.72. The number of rotatable bonds is 1. The molecule has 5 atom stereocenters. The Morgan fingerprint density at radius 1 is 1.25 bits per heavy atom. The molecule has 2 bridgehead atoms. The number of methoxy groups -OCH3 is 1. The highest BCUT2D eigenvalue weighted by molar-refractivity contribution is 5.89. The van der Waals surface area contributed by atoms with Crippen molar-refractivity contribution in [3.05, 3.63) is 0 Å². The lowest BCUT2D eigenvalue weighted by molar-refractivity contribution is -0.174. The smallest absolute Gasteiger partial charge is 0.408 e. The van der Waals surface area contributed by atoms with Gasteiger partial charge >= 0.3 is 12.1 Å². The van der Waals surface area contributed by atoms with E-state index in [1.165, 1.54) is 7.11 Å². The zero-order chi connectivity index (χ0) is 17.1. The van der Waals surface area contributed by atoms with E-state index in [1.54, 1.807) is 11.9 Å². The molecule has 5 fully saturated rings. The highest BCUT2D eigenvalue weighted by atomic mass is 16.6. The molecule has 0 aromatic rings. The zero-order valence-corrected chi connectivity index (χ0v) is 14.2. The average molecular weight is 336 g/mol. The highest BCUT2D eigenvalue weighted by Crippen LogP contribution is 2.58. The fourth-order valence-electron chi connectivity index (χ4n) is 5.83. The Hall–Kier alpha value is -1.79. The number of alkyl carbamates (subject to hydrolysis) is 1. The van der Waals surface area contributed by atoms with E-state index in [-0.39, 0.29) is 29.9 Å². The van der Waals surface area contributed by atoms with E-state index in [1.807, 2.05) is 0 Å². The van der Waals surface area contributed by atoms with Crippen LogP contribution in [0.1, 0.15) is 44.9 Å². The van der Waals surface area contributed by atoms with Gasteiger partial charge in [0.05, 0.1) is 24.0 Å². The third-order valence-corrected chi connectivity index (χ3v) is 6.96. The highest BCUT2D eigenvalue weighted by Gasteiger charge is 2.69. The minimum atomic E-state index is -0.689. The van der Waals surface area contributed by atoms with Crippen LogP contribution in [0.4, 0.5) is 4.79 Å². The predicted molar refractivity (Wildman–Crippen MR) is 83.0 cm³/mol. The number of nitrogens with zero attached hydrogens (tertiary/aromatic N) is 1. The second kappa shape index (κ2) is 5.10. The number of esters is 1. The molecule has 24 heavy (non-hydrogen) atoms. The van der Waals surface area contributed by atoms with Crippen LogP contribution < -0.4 is 5.32 Å². The summed E-state index contributed by atoms with van der Waals surface area (Å²) in [4.78, 5) is 39.5. The van der Waals surface area contributed by atoms with E-state index < -0.39 is 17.0 Å². The molecule has 0 aromatic carbocycles. The second-order valence-corrected chi connectivity index (χ2v) is 7.66. The van der Waals surface area contributed by atoms with Crippen LogP contribution in [0.2, 0.25) is 0 Å². The van der Waals surface area contributed by atoms with Gasteiger partial charge in [-0.2, -0.15) is 0 Å². The van der Waals surface area contributed by atoms with Gasteiger partial charge < -0.3 is 19.7 Å². The summed E-state index contributed by atoms with van der Waals surface area (Å²) in [5.74, 6) is -0.581. The summed E-state index contributed by atoms with van der Waals surface area (Å²) in [6.45, 7) is 0. The van der Waals surface area contributed by atoms with Crippen molar-refractivity contribution in [2.75, 3.05) is 14.2 Å². The van der Waals surface area contributed by atoms with E-state index >= 15 is 0 Å². The van der Waals surface area contributed by atoms with Crippen LogP contribution in [0.5, 0.6) is 0 Å². The maximum absolute atomic E-state index is 13.4. The quantitative estimate of drug-likeness (QED) is 0.728. The van der Waals surface area contributed by atoms with Crippen molar-refractivity contribution in [1.82, 2.24) is 10.2 Å². The van der Waals surface area contributed by atoms with Crippen molar-refractivity contribution < 1.29 is 23.9 Å². The number of hydrogen-bond donors (Lipinski definition) is 1. The summed E-state index contributed by atoms with van der Waals surface area (Å²) in [5.41, 5.74) is -1.29. The Bertz CT molecular complexity index is 608. The first kappa shape index (κ1) is 15.7. The molecule has 0 unspecified atom stereocenters. The second-order valence-electron chi connectivity index (χ2n) is 7.66. The maximum Gasteiger partial charge on any atom is 0.408 e. The molecule has 3 aliphatic heterocycles. The molecule has 7 heteroatoms. The SMILES string of the molecule is COC(=O)[C@H]1CC[C@]23NC(=O)O[C@H]2CCC[C@@]32CC[C@@H]1N(C)C2=O. The van der Waals surface area contributed by atoms with Gasteiger partial charge in [0.25, 0.3) is 0 Å². The minimum absolute atomic E-state index is 0.0443. The molecule has 2 amide bonds. The van der Waals surface area contributed by atoms with Crippen LogP contribution in [0.25, 0.3) is 0 Å². The van der Waals surface area contributed by atoms with E-state index in [2.05, 4.69) is 5.32 Å². The summed E-state index contributed by atoms with van der Waals surface area (Å²) in [5, 5.41) is 3.02. The number of hydrogen-bond acceptors (Lipinski definition) is 5. The van der Waals surface area contributed by atoms with E-state index in [0.29, 0.717) is 19.3 Å². The molecule has 1 N–H and O–H groups in total. The Morgan fingerprint density at radius 3 is 2.79 bits per heavy atom. The van der Waals surface area contributed by atoms with Crippen LogP contribution in [-0.2, 0) is 19.1 Å². The predicted octanol–water partition coefficient (Wildman–Crippen LogP) is 1.21. The Kier molecular flexibility index (Phi) is 3.34. The molecule has 2 aliphatic carbocycles. The van der Waals surface area contributed by atoms with Crippen molar-refractivity contribution in [3.8, 4) is 0 Å². The molecule has 5 aliphatic rings. The van der Waals surface area contributed by atoms with Crippen LogP contribution in [0.15, 0.2) is 0 Å². The number of carbonyl (C=O) groups is 3. The third-order valence-electron chi connectivity index (χ3n) is 6.96. The third kappa shape index (κ3) is 1.75. The van der Waals surface area contributed by atoms with E-state index in [9.17, 15) is 14.4 Å². The number of piperidine rings is 1. The van der Waals surface area contributed by atoms with Crippen LogP contribution >= 0.6 is 0 Å². The number of ether oxygens (including phenoxy) is 2. The number of nitrogens with one attached hydrogen (secondary N) is 1. The molecule has 3 saturated heterocycles. The summed E-state index contributed by atoms with van der Waals surface area (Å²) in [6.07, 6.45) is 4.32. The normalized spacial score (nSPS) is 43.9. The van der Waals surface area contributed by atoms with Gasteiger partial charge in [-0.25, -0.2) is 4.79 Å². The minimum Gasteiger partial charge on any atom is -0.469 e. The molecule has 5 rings (SSSR count). The van der Waals surface area contributed by atoms with Gasteiger partial charge in [0, 0.05) is 13.1 Å². The van der Waals surface area contributed by atoms with E-state index in [4.69, 9.17) is 9.47 Å². The topological polar surface area (TPSA) is 84.9 Å². The summed E-state index contributed by atoms with van der Waals surface area (Å²) in [6, 6.07) is -0.119. The van der Waals surface area contributed by atoms with Gasteiger partial charge in [-0.15, -0.1) is 0 Å². The summed E-state index contributed by atoms with van der Waals surface area (Å²) in [7, 11) is 3.17. The van der Waals surface area contributed by atoms with Gasteiger partial charge in [-0.3, -0.25) is 9.59 Å². The van der Waals surface area contributed by atoms with Gasteiger partial charge in [0.2, 0.25) is 5.91 Å². The van der Waals surface area contributed by atoms with Crippen molar-refractivity contribution in [2.24, 2.45) is 11.3 Å². The fraction of sp³-hybridized carbons (Fsp3) is 0.824. The average Bonchev–Trinajstić information content (AvgIpc) is 2.90. The monoisotopic (exact) mass is 336 g/mol. The molecule has 2 saturated carbocycles. The maximum atomic E-state index is 13.4. The standard InChI is InChI=1S/C17H24N2O5/c1-19-11-6-8-16(14(19)21)7-3-4-12-17(16,18-15(22)24-12)9-5-10(11)13(20)23-2/h10-12H,3-9H2,1-2H3,(H,18,22)/t10-,11-,12-,16-,17-/m0/s1. The van der Waals surface area contributed by atoms with Gasteiger partial charge in [-0.1, -0.05) is 0 Å². The fourth-order valence-corrected chi connectivity index (χ4v) is 5.83. The molecule has 3 heterocycles. The zero-order valence-electron chi connectivity index (χ0n) is 14.2. The largest absolute Gasteiger partial charge is 0.469 e. The lowest BCUT2D eigenvalue weighted by atomic mass is 9.52. The van der Waals surface area contributed by atoms with Gasteiger partial charge in [0.15, 0.2) is 0 Å². The van der Waals surface area contributed by atoms with Crippen LogP contribution in [-0.4, -0.2) is 54.7 Å². The lowest BCUT2D eigenvalue weighted by Gasteiger charge is -2.59. The molecule has 132 valence electrons. The first-order valence-electron chi connectivity index (χ1n) is 8.79. The molecule has 0 radical (unpaired) electrons. The molecular formula is C17H24N2O5. The van der Waals surface area contributed by atoms with Crippen molar-refractivity contribution in [1.29, 1.82) is 0 Å². The van der Waals surface area contributed by atoms with Crippen LogP contribution in [0, 0.1) is 11.3 Å². The number of amides is 2. The number of fused-ring (bicyclic) bond motifs is 4. The first-order chi connectivity index (χ1) is 11.4. The Balaban J connectivity index is 1.82. The molecular weight excluding hydrogens is 312 g/mol. The molecule has 2 spiro atoms.